The molecule has 2 rings (SSSR count). The molecule has 1 aliphatic rings. The number of aromatic nitrogens is 2. The Morgan fingerprint density at radius 1 is 1.50 bits per heavy atom. The molecule has 0 spiro atoms. The molecular weight excluding hydrogens is 204 g/mol. The van der Waals surface area contributed by atoms with Crippen molar-refractivity contribution < 1.29 is 4.74 Å². The Labute approximate surface area is 94.9 Å². The van der Waals surface area contributed by atoms with Crippen molar-refractivity contribution in [2.75, 3.05) is 31.2 Å². The van der Waals surface area contributed by atoms with Gasteiger partial charge in [-0.1, -0.05) is 0 Å². The Balaban J connectivity index is 2.21. The van der Waals surface area contributed by atoms with Gasteiger partial charge in [0.15, 0.2) is 5.82 Å². The van der Waals surface area contributed by atoms with E-state index >= 15 is 0 Å². The summed E-state index contributed by atoms with van der Waals surface area (Å²) < 4.78 is 5.30. The molecular formula is C11H16N4O. The summed E-state index contributed by atoms with van der Waals surface area (Å²) in [6, 6.07) is 1.92. The van der Waals surface area contributed by atoms with Crippen LogP contribution >= 0.6 is 0 Å². The van der Waals surface area contributed by atoms with Crippen LogP contribution in [-0.4, -0.2) is 36.3 Å². The Hall–Kier alpha value is -1.62. The molecule has 0 saturated carbocycles. The van der Waals surface area contributed by atoms with Crippen LogP contribution in [0.15, 0.2) is 18.5 Å². The van der Waals surface area contributed by atoms with Crippen LogP contribution in [0.2, 0.25) is 0 Å². The van der Waals surface area contributed by atoms with Crippen molar-refractivity contribution in [1.82, 2.24) is 9.97 Å². The molecule has 1 aromatic heterocycles. The van der Waals surface area contributed by atoms with E-state index in [-0.39, 0.29) is 0 Å². The van der Waals surface area contributed by atoms with Crippen LogP contribution in [0, 0.1) is 0 Å². The van der Waals surface area contributed by atoms with Crippen molar-refractivity contribution in [3.05, 3.63) is 24.3 Å². The maximum atomic E-state index is 5.46. The van der Waals surface area contributed by atoms with E-state index in [9.17, 15) is 0 Å². The molecule has 0 bridgehead atoms. The third kappa shape index (κ3) is 2.30. The van der Waals surface area contributed by atoms with Crippen molar-refractivity contribution in [2.24, 2.45) is 5.73 Å². The van der Waals surface area contributed by atoms with Gasteiger partial charge in [-0.15, -0.1) is 0 Å². The van der Waals surface area contributed by atoms with E-state index in [2.05, 4.69) is 14.9 Å². The van der Waals surface area contributed by atoms with Crippen molar-refractivity contribution in [3.63, 3.8) is 0 Å². The maximum absolute atomic E-state index is 5.46. The van der Waals surface area contributed by atoms with Crippen LogP contribution in [0.25, 0.3) is 5.57 Å². The Bertz CT molecular complexity index is 385. The maximum Gasteiger partial charge on any atom is 0.158 e. The molecule has 16 heavy (non-hydrogen) atoms. The highest BCUT2D eigenvalue weighted by atomic mass is 16.5. The Morgan fingerprint density at radius 2 is 2.25 bits per heavy atom. The number of morpholine rings is 1. The van der Waals surface area contributed by atoms with Crippen molar-refractivity contribution in [1.29, 1.82) is 0 Å². The molecule has 1 fully saturated rings. The van der Waals surface area contributed by atoms with Crippen LogP contribution in [0.4, 0.5) is 5.82 Å². The average molecular weight is 220 g/mol. The first-order valence-corrected chi connectivity index (χ1v) is 5.36. The lowest BCUT2D eigenvalue weighted by Gasteiger charge is -2.27. The van der Waals surface area contributed by atoms with Gasteiger partial charge in [0, 0.05) is 31.1 Å². The quantitative estimate of drug-likeness (QED) is 0.792. The number of allylic oxidation sites excluding steroid dienone is 1. The molecule has 1 aliphatic heterocycles. The number of ether oxygens (including phenoxy) is 1. The van der Waals surface area contributed by atoms with E-state index in [0.717, 1.165) is 37.7 Å². The standard InChI is InChI=1S/C11H16N4O/c1-9(8-12)11-13-3-2-10(14-11)15-4-6-16-7-5-15/h2-3,8H,4-7,12H2,1H3/b9-8-. The summed E-state index contributed by atoms with van der Waals surface area (Å²) >= 11 is 0. The van der Waals surface area contributed by atoms with Gasteiger partial charge >= 0.3 is 0 Å². The second-order valence-corrected chi connectivity index (χ2v) is 3.69. The van der Waals surface area contributed by atoms with Gasteiger partial charge in [0.05, 0.1) is 13.2 Å². The summed E-state index contributed by atoms with van der Waals surface area (Å²) in [5.74, 6) is 1.63. The van der Waals surface area contributed by atoms with E-state index in [1.807, 2.05) is 13.0 Å². The molecule has 2 N–H and O–H groups in total. The fourth-order valence-corrected chi connectivity index (χ4v) is 1.58. The fourth-order valence-electron chi connectivity index (χ4n) is 1.58. The molecule has 86 valence electrons. The lowest BCUT2D eigenvalue weighted by atomic mass is 10.3. The highest BCUT2D eigenvalue weighted by Crippen LogP contribution is 2.14. The summed E-state index contributed by atoms with van der Waals surface area (Å²) in [6.45, 7) is 5.16. The topological polar surface area (TPSA) is 64.3 Å². The van der Waals surface area contributed by atoms with Gasteiger partial charge in [-0.05, 0) is 13.0 Å². The van der Waals surface area contributed by atoms with Gasteiger partial charge < -0.3 is 15.4 Å². The summed E-state index contributed by atoms with van der Waals surface area (Å²) in [5.41, 5.74) is 6.34. The number of nitrogens with zero attached hydrogens (tertiary/aromatic N) is 3. The zero-order valence-electron chi connectivity index (χ0n) is 9.39. The molecule has 5 nitrogen and oxygen atoms in total. The lowest BCUT2D eigenvalue weighted by molar-refractivity contribution is 0.122. The molecule has 5 heteroatoms. The van der Waals surface area contributed by atoms with Gasteiger partial charge in [0.25, 0.3) is 0 Å². The van der Waals surface area contributed by atoms with Crippen molar-refractivity contribution >= 4 is 11.4 Å². The van der Waals surface area contributed by atoms with Crippen molar-refractivity contribution in [3.8, 4) is 0 Å². The smallest absolute Gasteiger partial charge is 0.158 e. The zero-order valence-corrected chi connectivity index (χ0v) is 9.39. The van der Waals surface area contributed by atoms with Crippen LogP contribution < -0.4 is 10.6 Å². The summed E-state index contributed by atoms with van der Waals surface area (Å²) in [6.07, 6.45) is 3.29. The summed E-state index contributed by atoms with van der Waals surface area (Å²) in [7, 11) is 0. The largest absolute Gasteiger partial charge is 0.404 e. The Kier molecular flexibility index (Phi) is 3.36. The van der Waals surface area contributed by atoms with Gasteiger partial charge in [0.1, 0.15) is 5.82 Å². The van der Waals surface area contributed by atoms with Gasteiger partial charge in [-0.25, -0.2) is 9.97 Å². The van der Waals surface area contributed by atoms with E-state index in [4.69, 9.17) is 10.5 Å². The molecule has 2 heterocycles. The first-order chi connectivity index (χ1) is 7.81. The molecule has 0 aromatic carbocycles. The van der Waals surface area contributed by atoms with Crippen LogP contribution in [0.5, 0.6) is 0 Å². The predicted molar refractivity (Wildman–Crippen MR) is 62.9 cm³/mol. The molecule has 0 aliphatic carbocycles. The van der Waals surface area contributed by atoms with Crippen LogP contribution in [0.3, 0.4) is 0 Å². The van der Waals surface area contributed by atoms with E-state index in [1.165, 1.54) is 6.20 Å². The van der Waals surface area contributed by atoms with E-state index < -0.39 is 0 Å². The highest BCUT2D eigenvalue weighted by molar-refractivity contribution is 5.58. The minimum absolute atomic E-state index is 0.687. The number of anilines is 1. The molecule has 1 saturated heterocycles. The normalized spacial score (nSPS) is 17.6. The molecule has 0 radical (unpaired) electrons. The second kappa shape index (κ2) is 4.94. The molecule has 0 unspecified atom stereocenters. The SMILES string of the molecule is C/C(=C/N)c1nccc(N2CCOCC2)n1. The first kappa shape index (κ1) is 10.9. The zero-order chi connectivity index (χ0) is 11.4. The number of hydrogen-bond acceptors (Lipinski definition) is 5. The highest BCUT2D eigenvalue weighted by Gasteiger charge is 2.13. The fraction of sp³-hybridized carbons (Fsp3) is 0.455. The number of nitrogens with two attached hydrogens (primary N) is 1. The first-order valence-electron chi connectivity index (χ1n) is 5.36. The van der Waals surface area contributed by atoms with E-state index in [1.54, 1.807) is 6.20 Å². The molecule has 0 amide bonds. The van der Waals surface area contributed by atoms with E-state index in [0.29, 0.717) is 5.82 Å². The third-order valence-electron chi connectivity index (χ3n) is 2.58. The van der Waals surface area contributed by atoms with Gasteiger partial charge in [-0.3, -0.25) is 0 Å². The monoisotopic (exact) mass is 220 g/mol. The minimum Gasteiger partial charge on any atom is -0.404 e. The third-order valence-corrected chi connectivity index (χ3v) is 2.58. The molecule has 1 aromatic rings. The minimum atomic E-state index is 0.687. The summed E-state index contributed by atoms with van der Waals surface area (Å²) in [4.78, 5) is 10.9. The number of rotatable bonds is 2. The predicted octanol–water partition coefficient (Wildman–Crippen LogP) is 0.633. The number of hydrogen-bond donors (Lipinski definition) is 1. The van der Waals surface area contributed by atoms with Gasteiger partial charge in [0.2, 0.25) is 0 Å². The average Bonchev–Trinajstić information content (AvgIpc) is 2.39. The van der Waals surface area contributed by atoms with Crippen LogP contribution in [-0.2, 0) is 4.74 Å². The summed E-state index contributed by atoms with van der Waals surface area (Å²) in [5, 5.41) is 0. The Morgan fingerprint density at radius 3 is 2.94 bits per heavy atom. The van der Waals surface area contributed by atoms with Crippen LogP contribution in [0.1, 0.15) is 12.7 Å². The van der Waals surface area contributed by atoms with Crippen molar-refractivity contribution in [2.45, 2.75) is 6.92 Å². The van der Waals surface area contributed by atoms with Gasteiger partial charge in [-0.2, -0.15) is 0 Å². The second-order valence-electron chi connectivity index (χ2n) is 3.69. The molecule has 0 atom stereocenters. The lowest BCUT2D eigenvalue weighted by Crippen LogP contribution is -2.36.